The summed E-state index contributed by atoms with van der Waals surface area (Å²) in [7, 11) is 0. The summed E-state index contributed by atoms with van der Waals surface area (Å²) >= 11 is 5.89. The van der Waals surface area contributed by atoms with Crippen molar-refractivity contribution in [1.82, 2.24) is 19.9 Å². The maximum Gasteiger partial charge on any atom is 0.241 e. The number of nitrogens with zero attached hydrogens (tertiary/aromatic N) is 5. The largest absolute Gasteiger partial charge is 0.338 e. The zero-order chi connectivity index (χ0) is 16.8. The van der Waals surface area contributed by atoms with E-state index in [9.17, 15) is 0 Å². The molecule has 1 aliphatic heterocycles. The summed E-state index contributed by atoms with van der Waals surface area (Å²) in [6.07, 6.45) is 1.58. The van der Waals surface area contributed by atoms with Crippen molar-refractivity contribution in [2.75, 3.05) is 32.7 Å². The molecule has 0 unspecified atom stereocenters. The number of unbranched alkanes of at least 4 members (excludes halogenated alkanes) is 1. The monoisotopic (exact) mass is 345 g/mol. The highest BCUT2D eigenvalue weighted by molar-refractivity contribution is 6.30. The standard InChI is InChI=1S/C17H20ClN5O/c18-15-5-3-14(4-6-15)17-20-16(24-21-17)13-23-11-9-22(10-12-23)8-2-1-7-19/h3-6H,1-2,8-13H2. The van der Waals surface area contributed by atoms with E-state index in [0.717, 1.165) is 44.7 Å². The second kappa shape index (κ2) is 8.25. The molecule has 0 atom stereocenters. The average molecular weight is 346 g/mol. The molecule has 0 bridgehead atoms. The van der Waals surface area contributed by atoms with Crippen LogP contribution >= 0.6 is 11.6 Å². The lowest BCUT2D eigenvalue weighted by Crippen LogP contribution is -2.46. The van der Waals surface area contributed by atoms with Gasteiger partial charge in [-0.3, -0.25) is 4.90 Å². The molecule has 0 spiro atoms. The van der Waals surface area contributed by atoms with Crippen LogP contribution in [0.1, 0.15) is 18.7 Å². The SMILES string of the molecule is N#CCCCN1CCN(Cc2nc(-c3ccc(Cl)cc3)no2)CC1. The first-order valence-electron chi connectivity index (χ1n) is 8.15. The van der Waals surface area contributed by atoms with Crippen molar-refractivity contribution in [3.05, 3.63) is 35.2 Å². The highest BCUT2D eigenvalue weighted by Gasteiger charge is 2.19. The molecule has 1 aromatic carbocycles. The van der Waals surface area contributed by atoms with Gasteiger partial charge in [-0.25, -0.2) is 0 Å². The molecule has 1 fully saturated rings. The fourth-order valence-electron chi connectivity index (χ4n) is 2.78. The van der Waals surface area contributed by atoms with Gasteiger partial charge < -0.3 is 9.42 Å². The Labute approximate surface area is 146 Å². The third kappa shape index (κ3) is 4.54. The molecule has 0 N–H and O–H groups in total. The molecule has 7 heteroatoms. The van der Waals surface area contributed by atoms with E-state index in [0.29, 0.717) is 29.7 Å². The van der Waals surface area contributed by atoms with Gasteiger partial charge in [0, 0.05) is 43.2 Å². The number of piperazine rings is 1. The number of rotatable bonds is 6. The van der Waals surface area contributed by atoms with Crippen LogP contribution in [-0.2, 0) is 6.54 Å². The van der Waals surface area contributed by atoms with Crippen LogP contribution in [0.4, 0.5) is 0 Å². The Morgan fingerprint density at radius 1 is 1.12 bits per heavy atom. The van der Waals surface area contributed by atoms with Crippen LogP contribution in [0.15, 0.2) is 28.8 Å². The Hall–Kier alpha value is -1.94. The van der Waals surface area contributed by atoms with Crippen molar-refractivity contribution in [3.63, 3.8) is 0 Å². The fourth-order valence-corrected chi connectivity index (χ4v) is 2.91. The van der Waals surface area contributed by atoms with Crippen LogP contribution in [-0.4, -0.2) is 52.7 Å². The summed E-state index contributed by atoms with van der Waals surface area (Å²) in [5.74, 6) is 1.23. The minimum atomic E-state index is 0.594. The van der Waals surface area contributed by atoms with Crippen molar-refractivity contribution in [2.45, 2.75) is 19.4 Å². The summed E-state index contributed by atoms with van der Waals surface area (Å²) in [4.78, 5) is 9.19. The number of hydrogen-bond acceptors (Lipinski definition) is 6. The van der Waals surface area contributed by atoms with Crippen LogP contribution in [0.25, 0.3) is 11.4 Å². The summed E-state index contributed by atoms with van der Waals surface area (Å²) < 4.78 is 5.37. The molecule has 0 aliphatic carbocycles. The molecular formula is C17H20ClN5O. The first-order chi connectivity index (χ1) is 11.7. The summed E-state index contributed by atoms with van der Waals surface area (Å²) in [5, 5.41) is 13.3. The maximum atomic E-state index is 8.59. The van der Waals surface area contributed by atoms with Gasteiger partial charge in [-0.1, -0.05) is 16.8 Å². The van der Waals surface area contributed by atoms with Crippen LogP contribution < -0.4 is 0 Å². The Morgan fingerprint density at radius 2 is 1.83 bits per heavy atom. The van der Waals surface area contributed by atoms with Crippen LogP contribution in [0.5, 0.6) is 0 Å². The Bertz CT molecular complexity index is 686. The lowest BCUT2D eigenvalue weighted by Gasteiger charge is -2.33. The molecule has 0 saturated carbocycles. The van der Waals surface area contributed by atoms with Gasteiger partial charge >= 0.3 is 0 Å². The predicted octanol–water partition coefficient (Wildman–Crippen LogP) is 2.81. The van der Waals surface area contributed by atoms with Gasteiger partial charge in [0.2, 0.25) is 11.7 Å². The first kappa shape index (κ1) is 16.9. The zero-order valence-electron chi connectivity index (χ0n) is 13.5. The number of nitriles is 1. The third-order valence-corrected chi connectivity index (χ3v) is 4.41. The van der Waals surface area contributed by atoms with E-state index in [1.54, 1.807) is 0 Å². The van der Waals surface area contributed by atoms with E-state index in [1.165, 1.54) is 0 Å². The second-order valence-electron chi connectivity index (χ2n) is 5.90. The lowest BCUT2D eigenvalue weighted by atomic mass is 10.2. The van der Waals surface area contributed by atoms with Crippen molar-refractivity contribution in [1.29, 1.82) is 5.26 Å². The van der Waals surface area contributed by atoms with Gasteiger partial charge in [0.05, 0.1) is 12.6 Å². The van der Waals surface area contributed by atoms with Gasteiger partial charge in [0.1, 0.15) is 0 Å². The third-order valence-electron chi connectivity index (χ3n) is 4.16. The van der Waals surface area contributed by atoms with E-state index in [4.69, 9.17) is 21.4 Å². The van der Waals surface area contributed by atoms with Crippen LogP contribution in [0, 0.1) is 11.3 Å². The van der Waals surface area contributed by atoms with E-state index < -0.39 is 0 Å². The van der Waals surface area contributed by atoms with Gasteiger partial charge in [-0.15, -0.1) is 0 Å². The highest BCUT2D eigenvalue weighted by atomic mass is 35.5. The number of benzene rings is 1. The zero-order valence-corrected chi connectivity index (χ0v) is 14.2. The molecule has 126 valence electrons. The molecule has 6 nitrogen and oxygen atoms in total. The predicted molar refractivity (Wildman–Crippen MR) is 91.3 cm³/mol. The second-order valence-corrected chi connectivity index (χ2v) is 6.33. The minimum Gasteiger partial charge on any atom is -0.338 e. The molecule has 0 amide bonds. The Balaban J connectivity index is 1.49. The van der Waals surface area contributed by atoms with Crippen molar-refractivity contribution in [3.8, 4) is 17.5 Å². The number of halogens is 1. The Kier molecular flexibility index (Phi) is 5.81. The molecule has 0 radical (unpaired) electrons. The summed E-state index contributed by atoms with van der Waals surface area (Å²) in [6, 6.07) is 9.60. The van der Waals surface area contributed by atoms with E-state index in [1.807, 2.05) is 24.3 Å². The quantitative estimate of drug-likeness (QED) is 0.750. The highest BCUT2D eigenvalue weighted by Crippen LogP contribution is 2.19. The molecule has 24 heavy (non-hydrogen) atoms. The molecule has 3 rings (SSSR count). The number of aromatic nitrogens is 2. The van der Waals surface area contributed by atoms with Gasteiger partial charge in [-0.2, -0.15) is 10.2 Å². The van der Waals surface area contributed by atoms with Crippen LogP contribution in [0.2, 0.25) is 5.02 Å². The molecule has 1 saturated heterocycles. The van der Waals surface area contributed by atoms with E-state index in [2.05, 4.69) is 26.0 Å². The minimum absolute atomic E-state index is 0.594. The first-order valence-corrected chi connectivity index (χ1v) is 8.52. The average Bonchev–Trinajstić information content (AvgIpc) is 3.06. The van der Waals surface area contributed by atoms with E-state index in [-0.39, 0.29) is 0 Å². The molecule has 1 aliphatic rings. The van der Waals surface area contributed by atoms with Gasteiger partial charge in [0.25, 0.3) is 0 Å². The molecule has 1 aromatic heterocycles. The van der Waals surface area contributed by atoms with Crippen LogP contribution in [0.3, 0.4) is 0 Å². The van der Waals surface area contributed by atoms with Crippen molar-refractivity contribution < 1.29 is 4.52 Å². The number of hydrogen-bond donors (Lipinski definition) is 0. The van der Waals surface area contributed by atoms with Crippen molar-refractivity contribution in [2.24, 2.45) is 0 Å². The van der Waals surface area contributed by atoms with Gasteiger partial charge in [-0.05, 0) is 37.2 Å². The molecule has 2 aromatic rings. The summed E-state index contributed by atoms with van der Waals surface area (Å²) in [6.45, 7) is 5.67. The topological polar surface area (TPSA) is 69.2 Å². The summed E-state index contributed by atoms with van der Waals surface area (Å²) in [5.41, 5.74) is 0.900. The molecular weight excluding hydrogens is 326 g/mol. The smallest absolute Gasteiger partial charge is 0.241 e. The van der Waals surface area contributed by atoms with Crippen molar-refractivity contribution >= 4 is 11.6 Å². The molecule has 2 heterocycles. The normalized spacial score (nSPS) is 16.2. The van der Waals surface area contributed by atoms with E-state index >= 15 is 0 Å². The maximum absolute atomic E-state index is 8.59. The fraction of sp³-hybridized carbons (Fsp3) is 0.471. The lowest BCUT2D eigenvalue weighted by molar-refractivity contribution is 0.116. The Morgan fingerprint density at radius 3 is 2.54 bits per heavy atom. The van der Waals surface area contributed by atoms with Gasteiger partial charge in [0.15, 0.2) is 0 Å².